The van der Waals surface area contributed by atoms with Crippen molar-refractivity contribution in [3.8, 4) is 5.69 Å². The van der Waals surface area contributed by atoms with Gasteiger partial charge in [0.2, 0.25) is 0 Å². The fraction of sp³-hybridized carbons (Fsp3) is 0.250. The fourth-order valence-corrected chi connectivity index (χ4v) is 3.93. The third-order valence-corrected chi connectivity index (χ3v) is 5.44. The van der Waals surface area contributed by atoms with Gasteiger partial charge in [0.1, 0.15) is 11.6 Å². The van der Waals surface area contributed by atoms with Gasteiger partial charge in [0.05, 0.1) is 17.1 Å². The second-order valence-corrected chi connectivity index (χ2v) is 7.66. The van der Waals surface area contributed by atoms with E-state index in [2.05, 4.69) is 22.4 Å². The first-order valence-corrected chi connectivity index (χ1v) is 10.4. The summed E-state index contributed by atoms with van der Waals surface area (Å²) in [5, 5.41) is 11.7. The average molecular weight is 437 g/mol. The second kappa shape index (κ2) is 9.84. The van der Waals surface area contributed by atoms with Gasteiger partial charge in [0.25, 0.3) is 5.91 Å². The maximum atomic E-state index is 14.0. The van der Waals surface area contributed by atoms with Crippen LogP contribution >= 0.6 is 23.4 Å². The van der Waals surface area contributed by atoms with Gasteiger partial charge in [0.15, 0.2) is 11.0 Å². The SMILES string of the molecule is CCCCSc1nnc(CNC(=O)c2c(F)cccc2Cl)n1-c1ccc(F)cc1. The van der Waals surface area contributed by atoms with E-state index < -0.39 is 11.7 Å². The first kappa shape index (κ1) is 21.3. The summed E-state index contributed by atoms with van der Waals surface area (Å²) in [5.74, 6) is -0.414. The quantitative estimate of drug-likeness (QED) is 0.398. The van der Waals surface area contributed by atoms with Crippen LogP contribution in [0.15, 0.2) is 47.6 Å². The minimum Gasteiger partial charge on any atom is -0.345 e. The van der Waals surface area contributed by atoms with Crippen LogP contribution in [-0.4, -0.2) is 26.4 Å². The summed E-state index contributed by atoms with van der Waals surface area (Å²) in [6.07, 6.45) is 2.06. The number of rotatable bonds is 8. The van der Waals surface area contributed by atoms with E-state index in [0.717, 1.165) is 18.6 Å². The molecule has 0 spiro atoms. The van der Waals surface area contributed by atoms with Crippen LogP contribution in [0.4, 0.5) is 8.78 Å². The molecule has 0 saturated carbocycles. The third kappa shape index (κ3) is 5.13. The number of nitrogens with one attached hydrogen (secondary N) is 1. The average Bonchev–Trinajstić information content (AvgIpc) is 3.10. The van der Waals surface area contributed by atoms with Crippen LogP contribution in [0.2, 0.25) is 5.02 Å². The van der Waals surface area contributed by atoms with E-state index in [1.165, 1.54) is 42.1 Å². The summed E-state index contributed by atoms with van der Waals surface area (Å²) in [4.78, 5) is 12.4. The van der Waals surface area contributed by atoms with Crippen LogP contribution in [0, 0.1) is 11.6 Å². The van der Waals surface area contributed by atoms with Gasteiger partial charge in [-0.1, -0.05) is 42.8 Å². The molecule has 3 aromatic rings. The van der Waals surface area contributed by atoms with Crippen LogP contribution in [-0.2, 0) is 6.54 Å². The lowest BCUT2D eigenvalue weighted by Crippen LogP contribution is -2.26. The second-order valence-electron chi connectivity index (χ2n) is 6.19. The highest BCUT2D eigenvalue weighted by atomic mass is 35.5. The van der Waals surface area contributed by atoms with Crippen molar-refractivity contribution in [3.05, 3.63) is 70.5 Å². The highest BCUT2D eigenvalue weighted by Crippen LogP contribution is 2.24. The molecule has 1 amide bonds. The molecular weight excluding hydrogens is 418 g/mol. The number of unbranched alkanes of at least 4 members (excludes halogenated alkanes) is 1. The van der Waals surface area contributed by atoms with E-state index >= 15 is 0 Å². The molecule has 1 N–H and O–H groups in total. The third-order valence-electron chi connectivity index (χ3n) is 4.11. The highest BCUT2D eigenvalue weighted by Gasteiger charge is 2.19. The lowest BCUT2D eigenvalue weighted by Gasteiger charge is -2.11. The van der Waals surface area contributed by atoms with E-state index in [0.29, 0.717) is 16.7 Å². The number of carbonyl (C=O) groups is 1. The summed E-state index contributed by atoms with van der Waals surface area (Å²) >= 11 is 7.48. The van der Waals surface area contributed by atoms with Crippen molar-refractivity contribution in [3.63, 3.8) is 0 Å². The Bertz CT molecular complexity index is 974. The Hall–Kier alpha value is -2.45. The number of hydrogen-bond acceptors (Lipinski definition) is 4. The molecule has 0 unspecified atom stereocenters. The lowest BCUT2D eigenvalue weighted by atomic mass is 10.2. The van der Waals surface area contributed by atoms with Crippen LogP contribution in [0.25, 0.3) is 5.69 Å². The van der Waals surface area contributed by atoms with Gasteiger partial charge in [-0.05, 0) is 42.8 Å². The molecule has 152 valence electrons. The zero-order valence-electron chi connectivity index (χ0n) is 15.7. The van der Waals surface area contributed by atoms with Gasteiger partial charge in [-0.3, -0.25) is 9.36 Å². The predicted octanol–water partition coefficient (Wildman–Crippen LogP) is 5.02. The minimum atomic E-state index is -0.703. The van der Waals surface area contributed by atoms with E-state index in [-0.39, 0.29) is 22.9 Å². The molecule has 1 aromatic heterocycles. The molecule has 0 atom stereocenters. The number of nitrogens with zero attached hydrogens (tertiary/aromatic N) is 3. The molecule has 0 radical (unpaired) electrons. The molecule has 9 heteroatoms. The monoisotopic (exact) mass is 436 g/mol. The molecule has 0 aliphatic heterocycles. The molecule has 1 heterocycles. The van der Waals surface area contributed by atoms with E-state index in [9.17, 15) is 13.6 Å². The number of halogens is 3. The van der Waals surface area contributed by atoms with Crippen LogP contribution < -0.4 is 5.32 Å². The Balaban J connectivity index is 1.84. The maximum Gasteiger partial charge on any atom is 0.256 e. The van der Waals surface area contributed by atoms with Crippen LogP contribution in [0.5, 0.6) is 0 Å². The van der Waals surface area contributed by atoms with Gasteiger partial charge in [-0.15, -0.1) is 10.2 Å². The van der Waals surface area contributed by atoms with Gasteiger partial charge >= 0.3 is 0 Å². The molecule has 5 nitrogen and oxygen atoms in total. The molecule has 0 aliphatic rings. The lowest BCUT2D eigenvalue weighted by molar-refractivity contribution is 0.0945. The molecule has 3 rings (SSSR count). The Labute approximate surface area is 176 Å². The molecule has 0 fully saturated rings. The number of benzene rings is 2. The molecule has 0 aliphatic carbocycles. The molecule has 29 heavy (non-hydrogen) atoms. The summed E-state index contributed by atoms with van der Waals surface area (Å²) in [7, 11) is 0. The minimum absolute atomic E-state index is 0.00219. The summed E-state index contributed by atoms with van der Waals surface area (Å²) in [5.41, 5.74) is 0.447. The normalized spacial score (nSPS) is 10.9. The molecule has 0 bridgehead atoms. The van der Waals surface area contributed by atoms with Gasteiger partial charge in [-0.2, -0.15) is 0 Å². The summed E-state index contributed by atoms with van der Waals surface area (Å²) in [6, 6.07) is 9.96. The predicted molar refractivity (Wildman–Crippen MR) is 110 cm³/mol. The van der Waals surface area contributed by atoms with Gasteiger partial charge in [0, 0.05) is 11.4 Å². The van der Waals surface area contributed by atoms with Gasteiger partial charge in [-0.25, -0.2) is 8.78 Å². The maximum absolute atomic E-state index is 14.0. The first-order chi connectivity index (χ1) is 14.0. The number of thioether (sulfide) groups is 1. The number of amides is 1. The van der Waals surface area contributed by atoms with Crippen molar-refractivity contribution in [1.82, 2.24) is 20.1 Å². The number of carbonyl (C=O) groups excluding carboxylic acids is 1. The zero-order chi connectivity index (χ0) is 20.8. The van der Waals surface area contributed by atoms with Crippen molar-refractivity contribution in [2.75, 3.05) is 5.75 Å². The number of aromatic nitrogens is 3. The Morgan fingerprint density at radius 1 is 1.17 bits per heavy atom. The molecule has 0 saturated heterocycles. The van der Waals surface area contributed by atoms with Crippen LogP contribution in [0.3, 0.4) is 0 Å². The highest BCUT2D eigenvalue weighted by molar-refractivity contribution is 7.99. The Morgan fingerprint density at radius 3 is 2.62 bits per heavy atom. The molecular formula is C20H19ClF2N4OS. The van der Waals surface area contributed by atoms with Crippen molar-refractivity contribution in [2.45, 2.75) is 31.5 Å². The standard InChI is InChI=1S/C20H19ClF2N4OS/c1-2-3-11-29-20-26-25-17(27(20)14-9-7-13(22)8-10-14)12-24-19(28)18-15(21)5-4-6-16(18)23/h4-10H,2-3,11-12H2,1H3,(H,24,28). The Morgan fingerprint density at radius 2 is 1.93 bits per heavy atom. The van der Waals surface area contributed by atoms with Crippen molar-refractivity contribution in [2.24, 2.45) is 0 Å². The van der Waals surface area contributed by atoms with Crippen molar-refractivity contribution >= 4 is 29.3 Å². The smallest absolute Gasteiger partial charge is 0.256 e. The van der Waals surface area contributed by atoms with Crippen molar-refractivity contribution < 1.29 is 13.6 Å². The molecule has 2 aromatic carbocycles. The largest absolute Gasteiger partial charge is 0.345 e. The van der Waals surface area contributed by atoms with Gasteiger partial charge < -0.3 is 5.32 Å². The van der Waals surface area contributed by atoms with E-state index in [1.54, 1.807) is 16.7 Å². The van der Waals surface area contributed by atoms with Crippen LogP contribution in [0.1, 0.15) is 35.9 Å². The first-order valence-electron chi connectivity index (χ1n) is 9.06. The Kier molecular flexibility index (Phi) is 7.22. The van der Waals surface area contributed by atoms with E-state index in [1.807, 2.05) is 0 Å². The fourth-order valence-electron chi connectivity index (χ4n) is 2.63. The topological polar surface area (TPSA) is 59.8 Å². The summed E-state index contributed by atoms with van der Waals surface area (Å²) < 4.78 is 29.1. The van der Waals surface area contributed by atoms with E-state index in [4.69, 9.17) is 11.6 Å². The summed E-state index contributed by atoms with van der Waals surface area (Å²) in [6.45, 7) is 2.10. The number of hydrogen-bond donors (Lipinski definition) is 1. The van der Waals surface area contributed by atoms with Crippen molar-refractivity contribution in [1.29, 1.82) is 0 Å². The zero-order valence-corrected chi connectivity index (χ0v) is 17.2.